The average molecular weight is 339 g/mol. The molecule has 0 aliphatic heterocycles. The van der Waals surface area contributed by atoms with E-state index in [1.807, 2.05) is 30.3 Å². The molecule has 25 heavy (non-hydrogen) atoms. The Bertz CT molecular complexity index is 671. The Morgan fingerprint density at radius 2 is 1.64 bits per heavy atom. The molecule has 1 unspecified atom stereocenters. The van der Waals surface area contributed by atoms with Crippen molar-refractivity contribution in [2.75, 3.05) is 6.54 Å². The molecule has 2 aromatic carbocycles. The zero-order valence-electron chi connectivity index (χ0n) is 15.6. The van der Waals surface area contributed by atoms with Gasteiger partial charge in [0.25, 0.3) is 0 Å². The van der Waals surface area contributed by atoms with Crippen molar-refractivity contribution in [2.24, 2.45) is 5.92 Å². The fraction of sp³-hybridized carbons (Fsp3) is 0.409. The van der Waals surface area contributed by atoms with Gasteiger partial charge in [0, 0.05) is 0 Å². The fourth-order valence-electron chi connectivity index (χ4n) is 2.93. The van der Waals surface area contributed by atoms with Crippen molar-refractivity contribution in [3.05, 3.63) is 71.3 Å². The van der Waals surface area contributed by atoms with Crippen molar-refractivity contribution in [2.45, 2.75) is 45.6 Å². The second kappa shape index (κ2) is 8.30. The van der Waals surface area contributed by atoms with Crippen LogP contribution >= 0.6 is 0 Å². The number of nitrogens with one attached hydrogen (secondary N) is 1. The monoisotopic (exact) mass is 339 g/mol. The van der Waals surface area contributed by atoms with Gasteiger partial charge in [-0.1, -0.05) is 82.3 Å². The van der Waals surface area contributed by atoms with Crippen LogP contribution in [0.3, 0.4) is 0 Å². The highest BCUT2D eigenvalue weighted by atomic mass is 16.4. The molecule has 0 aromatic heterocycles. The smallest absolute Gasteiger partial charge is 0.325 e. The van der Waals surface area contributed by atoms with Crippen LogP contribution in [0.15, 0.2) is 54.6 Å². The van der Waals surface area contributed by atoms with Gasteiger partial charge in [-0.05, 0) is 41.0 Å². The number of hydrogen-bond acceptors (Lipinski definition) is 2. The number of carbonyl (C=O) groups is 1. The summed E-state index contributed by atoms with van der Waals surface area (Å²) in [5.41, 5.74) is 3.57. The molecule has 0 heterocycles. The molecule has 0 aliphatic carbocycles. The first-order valence-corrected chi connectivity index (χ1v) is 8.88. The zero-order valence-corrected chi connectivity index (χ0v) is 15.6. The van der Waals surface area contributed by atoms with Crippen molar-refractivity contribution >= 4 is 5.97 Å². The molecule has 3 heteroatoms. The summed E-state index contributed by atoms with van der Waals surface area (Å²) < 4.78 is 0. The van der Waals surface area contributed by atoms with Crippen LogP contribution in [-0.2, 0) is 16.6 Å². The lowest BCUT2D eigenvalue weighted by Gasteiger charge is -2.20. The highest BCUT2D eigenvalue weighted by Crippen LogP contribution is 2.23. The first-order valence-electron chi connectivity index (χ1n) is 8.88. The molecular formula is C22H29NO2. The third-order valence-corrected chi connectivity index (χ3v) is 4.45. The Morgan fingerprint density at radius 3 is 2.16 bits per heavy atom. The molecule has 2 aromatic rings. The van der Waals surface area contributed by atoms with Crippen molar-refractivity contribution < 1.29 is 9.90 Å². The predicted octanol–water partition coefficient (Wildman–Crippen LogP) is 4.58. The van der Waals surface area contributed by atoms with Crippen LogP contribution in [0.25, 0.3) is 0 Å². The van der Waals surface area contributed by atoms with Crippen molar-refractivity contribution in [3.63, 3.8) is 0 Å². The van der Waals surface area contributed by atoms with Crippen LogP contribution < -0.4 is 5.32 Å². The van der Waals surface area contributed by atoms with Gasteiger partial charge in [0.15, 0.2) is 0 Å². The maximum atomic E-state index is 11.5. The van der Waals surface area contributed by atoms with E-state index < -0.39 is 12.0 Å². The SMILES string of the molecule is CC(CN[C@@H](C(=O)O)c1ccccc1)Cc1ccc(C(C)(C)C)cc1. The van der Waals surface area contributed by atoms with Gasteiger partial charge in [0.05, 0.1) is 0 Å². The van der Waals surface area contributed by atoms with E-state index in [2.05, 4.69) is 57.3 Å². The summed E-state index contributed by atoms with van der Waals surface area (Å²) in [6.45, 7) is 9.44. The van der Waals surface area contributed by atoms with Gasteiger partial charge >= 0.3 is 5.97 Å². The summed E-state index contributed by atoms with van der Waals surface area (Å²) in [6, 6.07) is 17.4. The Hall–Kier alpha value is -2.13. The minimum atomic E-state index is -0.840. The number of benzene rings is 2. The van der Waals surface area contributed by atoms with E-state index in [0.717, 1.165) is 12.0 Å². The molecule has 2 rings (SSSR count). The van der Waals surface area contributed by atoms with Crippen LogP contribution in [0, 0.1) is 5.92 Å². The van der Waals surface area contributed by atoms with E-state index in [4.69, 9.17) is 0 Å². The van der Waals surface area contributed by atoms with Crippen LogP contribution in [0.2, 0.25) is 0 Å². The number of aliphatic carboxylic acids is 1. The molecule has 0 amide bonds. The first-order chi connectivity index (χ1) is 11.8. The van der Waals surface area contributed by atoms with Gasteiger partial charge in [0.1, 0.15) is 6.04 Å². The van der Waals surface area contributed by atoms with Crippen LogP contribution in [-0.4, -0.2) is 17.6 Å². The summed E-state index contributed by atoms with van der Waals surface area (Å²) in [6.07, 6.45) is 0.929. The summed E-state index contributed by atoms with van der Waals surface area (Å²) in [5.74, 6) is -0.487. The lowest BCUT2D eigenvalue weighted by atomic mass is 9.86. The lowest BCUT2D eigenvalue weighted by molar-refractivity contribution is -0.139. The molecule has 0 saturated heterocycles. The molecule has 0 fully saturated rings. The van der Waals surface area contributed by atoms with Gasteiger partial charge in [-0.25, -0.2) is 0 Å². The Morgan fingerprint density at radius 1 is 1.04 bits per heavy atom. The van der Waals surface area contributed by atoms with Crippen molar-refractivity contribution in [1.82, 2.24) is 5.32 Å². The number of carboxylic acids is 1. The number of hydrogen-bond donors (Lipinski definition) is 2. The van der Waals surface area contributed by atoms with Gasteiger partial charge in [-0.3, -0.25) is 4.79 Å². The fourth-order valence-corrected chi connectivity index (χ4v) is 2.93. The standard InChI is InChI=1S/C22H29NO2/c1-16(14-17-10-12-19(13-11-17)22(2,3)4)15-23-20(21(24)25)18-8-6-5-7-9-18/h5-13,16,20,23H,14-15H2,1-4H3,(H,24,25)/t16?,20-/m1/s1. The quantitative estimate of drug-likeness (QED) is 0.776. The van der Waals surface area contributed by atoms with Crippen LogP contribution in [0.1, 0.15) is 50.4 Å². The topological polar surface area (TPSA) is 49.3 Å². The second-order valence-corrected chi connectivity index (χ2v) is 7.85. The normalized spacial score (nSPS) is 14.1. The highest BCUT2D eigenvalue weighted by molar-refractivity contribution is 5.75. The minimum absolute atomic E-state index is 0.163. The molecular weight excluding hydrogens is 310 g/mol. The lowest BCUT2D eigenvalue weighted by Crippen LogP contribution is -2.32. The Labute approximate surface area is 151 Å². The highest BCUT2D eigenvalue weighted by Gasteiger charge is 2.19. The van der Waals surface area contributed by atoms with Gasteiger partial charge in [-0.15, -0.1) is 0 Å². The molecule has 3 nitrogen and oxygen atoms in total. The van der Waals surface area contributed by atoms with Crippen molar-refractivity contribution in [1.29, 1.82) is 0 Å². The van der Waals surface area contributed by atoms with E-state index in [9.17, 15) is 9.90 Å². The number of rotatable bonds is 7. The van der Waals surface area contributed by atoms with E-state index in [0.29, 0.717) is 12.5 Å². The minimum Gasteiger partial charge on any atom is -0.480 e. The molecule has 0 spiro atoms. The third-order valence-electron chi connectivity index (χ3n) is 4.45. The van der Waals surface area contributed by atoms with E-state index in [-0.39, 0.29) is 5.41 Å². The molecule has 0 saturated carbocycles. The maximum Gasteiger partial charge on any atom is 0.325 e. The molecule has 134 valence electrons. The van der Waals surface area contributed by atoms with E-state index in [1.165, 1.54) is 11.1 Å². The first kappa shape index (κ1) is 19.2. The van der Waals surface area contributed by atoms with Crippen molar-refractivity contribution in [3.8, 4) is 0 Å². The molecule has 2 N–H and O–H groups in total. The van der Waals surface area contributed by atoms with Gasteiger partial charge < -0.3 is 10.4 Å². The summed E-state index contributed by atoms with van der Waals surface area (Å²) in [5, 5.41) is 12.7. The van der Waals surface area contributed by atoms with Gasteiger partial charge in [0.2, 0.25) is 0 Å². The zero-order chi connectivity index (χ0) is 18.4. The summed E-state index contributed by atoms with van der Waals surface area (Å²) in [7, 11) is 0. The summed E-state index contributed by atoms with van der Waals surface area (Å²) >= 11 is 0. The largest absolute Gasteiger partial charge is 0.480 e. The van der Waals surface area contributed by atoms with E-state index in [1.54, 1.807) is 0 Å². The molecule has 0 radical (unpaired) electrons. The maximum absolute atomic E-state index is 11.5. The number of carboxylic acid groups (broad SMARTS) is 1. The van der Waals surface area contributed by atoms with Gasteiger partial charge in [-0.2, -0.15) is 0 Å². The third kappa shape index (κ3) is 5.71. The van der Waals surface area contributed by atoms with Crippen LogP contribution in [0.5, 0.6) is 0 Å². The van der Waals surface area contributed by atoms with E-state index >= 15 is 0 Å². The Balaban J connectivity index is 1.93. The van der Waals surface area contributed by atoms with Crippen LogP contribution in [0.4, 0.5) is 0 Å². The second-order valence-electron chi connectivity index (χ2n) is 7.85. The average Bonchev–Trinajstić information content (AvgIpc) is 2.55. The molecule has 0 bridgehead atoms. The summed E-state index contributed by atoms with van der Waals surface area (Å²) in [4.78, 5) is 11.5. The molecule has 2 atom stereocenters. The molecule has 0 aliphatic rings. The Kier molecular flexibility index (Phi) is 6.38. The predicted molar refractivity (Wildman–Crippen MR) is 103 cm³/mol.